The first kappa shape index (κ1) is 18.5. The van der Waals surface area contributed by atoms with Crippen molar-refractivity contribution in [3.63, 3.8) is 0 Å². The second kappa shape index (κ2) is 8.86. The third-order valence-electron chi connectivity index (χ3n) is 4.54. The van der Waals surface area contributed by atoms with E-state index in [1.54, 1.807) is 6.07 Å². The molecule has 0 atom stereocenters. The maximum atomic E-state index is 12.7. The van der Waals surface area contributed by atoms with E-state index in [9.17, 15) is 4.79 Å². The van der Waals surface area contributed by atoms with Crippen LogP contribution in [-0.2, 0) is 6.54 Å². The van der Waals surface area contributed by atoms with E-state index < -0.39 is 0 Å². The van der Waals surface area contributed by atoms with Crippen molar-refractivity contribution < 1.29 is 9.53 Å². The van der Waals surface area contributed by atoms with Gasteiger partial charge in [-0.15, -0.1) is 0 Å². The molecule has 0 aromatic heterocycles. The van der Waals surface area contributed by atoms with Gasteiger partial charge in [0.1, 0.15) is 5.75 Å². The highest BCUT2D eigenvalue weighted by Crippen LogP contribution is 2.21. The first-order valence-electron chi connectivity index (χ1n) is 9.46. The van der Waals surface area contributed by atoms with Crippen molar-refractivity contribution in [2.75, 3.05) is 25.0 Å². The van der Waals surface area contributed by atoms with Crippen molar-refractivity contribution in [1.29, 1.82) is 0 Å². The minimum absolute atomic E-state index is 0.103. The molecule has 0 bridgehead atoms. The van der Waals surface area contributed by atoms with Crippen molar-refractivity contribution in [3.05, 3.63) is 59.7 Å². The summed E-state index contributed by atoms with van der Waals surface area (Å²) in [5.74, 6) is 1.08. The van der Waals surface area contributed by atoms with Gasteiger partial charge in [0.15, 0.2) is 0 Å². The molecule has 0 spiro atoms. The van der Waals surface area contributed by atoms with Gasteiger partial charge in [0.2, 0.25) is 0 Å². The number of carbonyl (C=O) groups is 1. The normalized spacial score (nSPS) is 14.6. The highest BCUT2D eigenvalue weighted by molar-refractivity contribution is 6.04. The number of nitrogens with zero attached hydrogens (tertiary/aromatic N) is 1. The van der Waals surface area contributed by atoms with Crippen LogP contribution in [0.3, 0.4) is 0 Å². The zero-order valence-corrected chi connectivity index (χ0v) is 15.7. The van der Waals surface area contributed by atoms with Crippen molar-refractivity contribution in [2.45, 2.75) is 33.2 Å². The van der Waals surface area contributed by atoms with E-state index in [2.05, 4.69) is 30.1 Å². The Bertz CT molecular complexity index is 736. The fourth-order valence-corrected chi connectivity index (χ4v) is 3.15. The Morgan fingerprint density at radius 3 is 2.65 bits per heavy atom. The van der Waals surface area contributed by atoms with Gasteiger partial charge in [-0.3, -0.25) is 9.69 Å². The number of benzene rings is 2. The number of rotatable bonds is 7. The van der Waals surface area contributed by atoms with Crippen molar-refractivity contribution >= 4 is 11.6 Å². The summed E-state index contributed by atoms with van der Waals surface area (Å²) >= 11 is 0. The Morgan fingerprint density at radius 1 is 1.12 bits per heavy atom. The summed E-state index contributed by atoms with van der Waals surface area (Å²) in [5.41, 5.74) is 2.66. The molecule has 1 fully saturated rings. The molecule has 1 saturated heterocycles. The summed E-state index contributed by atoms with van der Waals surface area (Å²) < 4.78 is 5.73. The summed E-state index contributed by atoms with van der Waals surface area (Å²) in [7, 11) is 0. The maximum Gasteiger partial charge on any atom is 0.255 e. The van der Waals surface area contributed by atoms with E-state index in [4.69, 9.17) is 4.74 Å². The average molecular weight is 352 g/mol. The third kappa shape index (κ3) is 5.09. The second-order valence-corrected chi connectivity index (χ2v) is 7.33. The number of anilines is 1. The van der Waals surface area contributed by atoms with Gasteiger partial charge in [0.05, 0.1) is 6.61 Å². The zero-order valence-electron chi connectivity index (χ0n) is 15.7. The SMILES string of the molecule is CC(C)COc1cccc(C(=O)Nc2ccccc2CN2CCCC2)c1. The summed E-state index contributed by atoms with van der Waals surface area (Å²) in [6, 6.07) is 15.4. The number of hydrogen-bond acceptors (Lipinski definition) is 3. The molecule has 1 aliphatic rings. The van der Waals surface area contributed by atoms with Gasteiger partial charge in [-0.25, -0.2) is 0 Å². The molecule has 0 aliphatic carbocycles. The minimum atomic E-state index is -0.103. The van der Waals surface area contributed by atoms with E-state index in [1.807, 2.05) is 36.4 Å². The van der Waals surface area contributed by atoms with Crippen LogP contribution in [-0.4, -0.2) is 30.5 Å². The molecule has 3 rings (SSSR count). The smallest absolute Gasteiger partial charge is 0.255 e. The summed E-state index contributed by atoms with van der Waals surface area (Å²) in [5, 5.41) is 3.07. The molecular formula is C22H28N2O2. The molecule has 1 amide bonds. The van der Waals surface area contributed by atoms with Crippen molar-refractivity contribution in [3.8, 4) is 5.75 Å². The largest absolute Gasteiger partial charge is 0.493 e. The number of ether oxygens (including phenoxy) is 1. The van der Waals surface area contributed by atoms with Gasteiger partial charge in [-0.1, -0.05) is 38.1 Å². The van der Waals surface area contributed by atoms with E-state index in [1.165, 1.54) is 12.8 Å². The van der Waals surface area contributed by atoms with Gasteiger partial charge >= 0.3 is 0 Å². The summed E-state index contributed by atoms with van der Waals surface area (Å²) in [6.45, 7) is 8.01. The zero-order chi connectivity index (χ0) is 18.4. The lowest BCUT2D eigenvalue weighted by atomic mass is 10.1. The molecular weight excluding hydrogens is 324 g/mol. The van der Waals surface area contributed by atoms with E-state index in [0.717, 1.165) is 36.6 Å². The number of likely N-dealkylation sites (tertiary alicyclic amines) is 1. The van der Waals surface area contributed by atoms with Crippen LogP contribution in [0.25, 0.3) is 0 Å². The van der Waals surface area contributed by atoms with Crippen LogP contribution in [0, 0.1) is 5.92 Å². The topological polar surface area (TPSA) is 41.6 Å². The number of carbonyl (C=O) groups excluding carboxylic acids is 1. The highest BCUT2D eigenvalue weighted by Gasteiger charge is 2.15. The molecule has 26 heavy (non-hydrogen) atoms. The summed E-state index contributed by atoms with van der Waals surface area (Å²) in [6.07, 6.45) is 2.52. The Kier molecular flexibility index (Phi) is 6.29. The molecule has 4 nitrogen and oxygen atoms in total. The monoisotopic (exact) mass is 352 g/mol. The molecule has 1 N–H and O–H groups in total. The summed E-state index contributed by atoms with van der Waals surface area (Å²) in [4.78, 5) is 15.1. The fraction of sp³-hybridized carbons (Fsp3) is 0.409. The van der Waals surface area contributed by atoms with Crippen LogP contribution in [0.4, 0.5) is 5.69 Å². The number of para-hydroxylation sites is 1. The van der Waals surface area contributed by atoms with Crippen LogP contribution in [0.5, 0.6) is 5.75 Å². The van der Waals surface area contributed by atoms with Crippen LogP contribution in [0.2, 0.25) is 0 Å². The van der Waals surface area contributed by atoms with Crippen LogP contribution >= 0.6 is 0 Å². The molecule has 0 radical (unpaired) electrons. The van der Waals surface area contributed by atoms with E-state index >= 15 is 0 Å². The maximum absolute atomic E-state index is 12.7. The standard InChI is InChI=1S/C22H28N2O2/c1-17(2)16-26-20-10-7-9-18(14-20)22(25)23-21-11-4-3-8-19(21)15-24-12-5-6-13-24/h3-4,7-11,14,17H,5-6,12-13,15-16H2,1-2H3,(H,23,25). The molecule has 138 valence electrons. The predicted molar refractivity (Wildman–Crippen MR) is 106 cm³/mol. The second-order valence-electron chi connectivity index (χ2n) is 7.33. The van der Waals surface area contributed by atoms with Crippen LogP contribution in [0.15, 0.2) is 48.5 Å². The molecule has 2 aromatic carbocycles. The number of amides is 1. The minimum Gasteiger partial charge on any atom is -0.493 e. The van der Waals surface area contributed by atoms with Gasteiger partial charge in [0.25, 0.3) is 5.91 Å². The average Bonchev–Trinajstić information content (AvgIpc) is 3.15. The van der Waals surface area contributed by atoms with Gasteiger partial charge in [0, 0.05) is 17.8 Å². The van der Waals surface area contributed by atoms with Gasteiger partial charge in [-0.05, 0) is 61.7 Å². The van der Waals surface area contributed by atoms with Crippen molar-refractivity contribution in [1.82, 2.24) is 4.90 Å². The lowest BCUT2D eigenvalue weighted by Gasteiger charge is -2.18. The molecule has 0 unspecified atom stereocenters. The van der Waals surface area contributed by atoms with E-state index in [-0.39, 0.29) is 5.91 Å². The van der Waals surface area contributed by atoms with Gasteiger partial charge in [-0.2, -0.15) is 0 Å². The third-order valence-corrected chi connectivity index (χ3v) is 4.54. The molecule has 4 heteroatoms. The van der Waals surface area contributed by atoms with E-state index in [0.29, 0.717) is 18.1 Å². The van der Waals surface area contributed by atoms with Crippen LogP contribution in [0.1, 0.15) is 42.6 Å². The molecule has 2 aromatic rings. The fourth-order valence-electron chi connectivity index (χ4n) is 3.15. The Morgan fingerprint density at radius 2 is 1.88 bits per heavy atom. The van der Waals surface area contributed by atoms with Gasteiger partial charge < -0.3 is 10.1 Å². The first-order valence-corrected chi connectivity index (χ1v) is 9.46. The number of nitrogens with one attached hydrogen (secondary N) is 1. The predicted octanol–water partition coefficient (Wildman–Crippen LogP) is 4.57. The lowest BCUT2D eigenvalue weighted by Crippen LogP contribution is -2.20. The van der Waals surface area contributed by atoms with Crippen molar-refractivity contribution in [2.24, 2.45) is 5.92 Å². The van der Waals surface area contributed by atoms with Crippen LogP contribution < -0.4 is 10.1 Å². The molecule has 1 heterocycles. The molecule has 0 saturated carbocycles. The molecule has 1 aliphatic heterocycles. The Labute approximate surface area is 156 Å². The Hall–Kier alpha value is -2.33. The highest BCUT2D eigenvalue weighted by atomic mass is 16.5. The first-order chi connectivity index (χ1) is 12.6. The lowest BCUT2D eigenvalue weighted by molar-refractivity contribution is 0.102. The quantitative estimate of drug-likeness (QED) is 0.794. The Balaban J connectivity index is 1.69. The number of hydrogen-bond donors (Lipinski definition) is 1.